The van der Waals surface area contributed by atoms with Crippen LogP contribution in [0.4, 0.5) is 0 Å². The summed E-state index contributed by atoms with van der Waals surface area (Å²) in [5.41, 5.74) is -0.225. The molecule has 0 saturated carbocycles. The molecular weight excluding hydrogens is 274 g/mol. The minimum absolute atomic E-state index is 0.0757. The minimum atomic E-state index is -0.948. The summed E-state index contributed by atoms with van der Waals surface area (Å²) in [6, 6.07) is 5.13. The second kappa shape index (κ2) is 7.85. The highest BCUT2D eigenvalue weighted by atomic mass is 16.5. The highest BCUT2D eigenvalue weighted by Crippen LogP contribution is 2.28. The zero-order valence-corrected chi connectivity index (χ0v) is 12.9. The molecule has 0 aliphatic carbocycles. The van der Waals surface area contributed by atoms with Gasteiger partial charge in [-0.1, -0.05) is 6.07 Å². The van der Waals surface area contributed by atoms with Gasteiger partial charge in [0, 0.05) is 0 Å². The molecule has 0 spiro atoms. The van der Waals surface area contributed by atoms with Gasteiger partial charge in [0.1, 0.15) is 12.1 Å². The van der Waals surface area contributed by atoms with Crippen molar-refractivity contribution in [3.63, 3.8) is 0 Å². The molecule has 1 aromatic rings. The average molecular weight is 297 g/mol. The molecule has 0 amide bonds. The van der Waals surface area contributed by atoms with E-state index in [2.05, 4.69) is 5.32 Å². The van der Waals surface area contributed by atoms with Gasteiger partial charge in [0.05, 0.1) is 20.3 Å². The van der Waals surface area contributed by atoms with Crippen LogP contribution in [0.5, 0.6) is 11.5 Å². The van der Waals surface area contributed by atoms with E-state index < -0.39 is 5.54 Å². The highest BCUT2D eigenvalue weighted by molar-refractivity contribution is 5.80. The molecule has 0 aromatic heterocycles. The number of aliphatic hydroxyl groups is 1. The van der Waals surface area contributed by atoms with Gasteiger partial charge in [-0.3, -0.25) is 0 Å². The van der Waals surface area contributed by atoms with Crippen molar-refractivity contribution >= 4 is 5.97 Å². The fourth-order valence-electron chi connectivity index (χ4n) is 1.68. The summed E-state index contributed by atoms with van der Waals surface area (Å²) >= 11 is 0. The molecular formula is C15H23NO5. The second-order valence-corrected chi connectivity index (χ2v) is 4.73. The average Bonchev–Trinajstić information content (AvgIpc) is 2.52. The number of hydrogen-bond acceptors (Lipinski definition) is 6. The smallest absolute Gasteiger partial charge is 0.329 e. The molecule has 0 heterocycles. The molecule has 0 saturated heterocycles. The minimum Gasteiger partial charge on any atom is -0.493 e. The molecule has 2 N–H and O–H groups in total. The van der Waals surface area contributed by atoms with E-state index in [9.17, 15) is 4.79 Å². The first-order valence-electron chi connectivity index (χ1n) is 6.77. The largest absolute Gasteiger partial charge is 0.493 e. The maximum Gasteiger partial charge on any atom is 0.329 e. The quantitative estimate of drug-likeness (QED) is 0.700. The summed E-state index contributed by atoms with van der Waals surface area (Å²) in [5, 5.41) is 12.0. The maximum atomic E-state index is 11.9. The van der Waals surface area contributed by atoms with Gasteiger partial charge in [0.15, 0.2) is 11.5 Å². The Labute approximate surface area is 125 Å². The van der Waals surface area contributed by atoms with Crippen molar-refractivity contribution in [3.8, 4) is 11.5 Å². The van der Waals surface area contributed by atoms with E-state index in [-0.39, 0.29) is 19.2 Å². The van der Waals surface area contributed by atoms with Gasteiger partial charge in [-0.2, -0.15) is 0 Å². The van der Waals surface area contributed by atoms with Crippen molar-refractivity contribution in [2.75, 3.05) is 27.4 Å². The third kappa shape index (κ3) is 4.34. The Balaban J connectivity index is 2.83. The lowest BCUT2D eigenvalue weighted by Gasteiger charge is -2.27. The molecule has 118 valence electrons. The number of carbonyl (C=O) groups excluding carboxylic acids is 1. The Morgan fingerprint density at radius 1 is 1.38 bits per heavy atom. The van der Waals surface area contributed by atoms with Crippen molar-refractivity contribution in [2.45, 2.75) is 26.0 Å². The van der Waals surface area contributed by atoms with Gasteiger partial charge in [-0.15, -0.1) is 0 Å². The summed E-state index contributed by atoms with van der Waals surface area (Å²) < 4.78 is 15.9. The summed E-state index contributed by atoms with van der Waals surface area (Å²) in [7, 11) is 3.19. The van der Waals surface area contributed by atoms with Crippen LogP contribution in [0, 0.1) is 0 Å². The van der Waals surface area contributed by atoms with Crippen LogP contribution in [0.3, 0.4) is 0 Å². The van der Waals surface area contributed by atoms with Crippen LogP contribution in [0.25, 0.3) is 0 Å². The van der Waals surface area contributed by atoms with E-state index in [0.717, 1.165) is 5.56 Å². The van der Waals surface area contributed by atoms with Crippen LogP contribution in [-0.4, -0.2) is 44.0 Å². The molecule has 0 radical (unpaired) electrons. The standard InChI is InChI=1S/C15H23NO5/c1-5-20-14(18)15(2,16-3)10-21-12-7-6-11(9-17)8-13(12)19-4/h6-8,16-17H,5,9-10H2,1-4H3. The molecule has 0 aliphatic rings. The molecule has 0 aliphatic heterocycles. The first-order valence-corrected chi connectivity index (χ1v) is 6.77. The number of carbonyl (C=O) groups is 1. The van der Waals surface area contributed by atoms with Gasteiger partial charge in [0.25, 0.3) is 0 Å². The lowest BCUT2D eigenvalue weighted by atomic mass is 10.1. The first-order chi connectivity index (χ1) is 10.0. The molecule has 6 nitrogen and oxygen atoms in total. The summed E-state index contributed by atoms with van der Waals surface area (Å²) in [6.45, 7) is 3.79. The number of methoxy groups -OCH3 is 1. The molecule has 0 fully saturated rings. The normalized spacial score (nSPS) is 13.4. The third-order valence-electron chi connectivity index (χ3n) is 3.20. The van der Waals surface area contributed by atoms with E-state index in [4.69, 9.17) is 19.3 Å². The first kappa shape index (κ1) is 17.3. The third-order valence-corrected chi connectivity index (χ3v) is 3.20. The van der Waals surface area contributed by atoms with Crippen molar-refractivity contribution in [2.24, 2.45) is 0 Å². The Hall–Kier alpha value is -1.79. The summed E-state index contributed by atoms with van der Waals surface area (Å²) in [6.07, 6.45) is 0. The van der Waals surface area contributed by atoms with E-state index in [1.165, 1.54) is 7.11 Å². The van der Waals surface area contributed by atoms with Crippen molar-refractivity contribution < 1.29 is 24.1 Å². The van der Waals surface area contributed by atoms with Crippen LogP contribution in [0.15, 0.2) is 18.2 Å². The zero-order valence-electron chi connectivity index (χ0n) is 12.9. The number of aliphatic hydroxyl groups excluding tert-OH is 1. The van der Waals surface area contributed by atoms with E-state index in [0.29, 0.717) is 18.1 Å². The molecule has 1 atom stereocenters. The van der Waals surface area contributed by atoms with E-state index in [1.54, 1.807) is 39.1 Å². The maximum absolute atomic E-state index is 11.9. The summed E-state index contributed by atoms with van der Waals surface area (Å²) in [4.78, 5) is 11.9. The van der Waals surface area contributed by atoms with Crippen LogP contribution in [0.1, 0.15) is 19.4 Å². The number of likely N-dealkylation sites (N-methyl/N-ethyl adjacent to an activating group) is 1. The number of nitrogens with one attached hydrogen (secondary N) is 1. The fourth-order valence-corrected chi connectivity index (χ4v) is 1.68. The second-order valence-electron chi connectivity index (χ2n) is 4.73. The SMILES string of the molecule is CCOC(=O)C(C)(COc1ccc(CO)cc1OC)NC. The topological polar surface area (TPSA) is 77.0 Å². The molecule has 6 heteroatoms. The molecule has 1 aromatic carbocycles. The Kier molecular flexibility index (Phi) is 6.45. The Morgan fingerprint density at radius 3 is 2.62 bits per heavy atom. The fraction of sp³-hybridized carbons (Fsp3) is 0.533. The predicted molar refractivity (Wildman–Crippen MR) is 78.5 cm³/mol. The Bertz CT molecular complexity index is 477. The number of benzene rings is 1. The lowest BCUT2D eigenvalue weighted by Crippen LogP contribution is -2.53. The van der Waals surface area contributed by atoms with Crippen molar-refractivity contribution in [1.82, 2.24) is 5.32 Å². The molecule has 1 rings (SSSR count). The van der Waals surface area contributed by atoms with Crippen LogP contribution >= 0.6 is 0 Å². The van der Waals surface area contributed by atoms with Gasteiger partial charge in [-0.25, -0.2) is 4.79 Å². The Morgan fingerprint density at radius 2 is 2.10 bits per heavy atom. The van der Waals surface area contributed by atoms with Crippen molar-refractivity contribution in [3.05, 3.63) is 23.8 Å². The molecule has 1 unspecified atom stereocenters. The van der Waals surface area contributed by atoms with Gasteiger partial charge in [-0.05, 0) is 38.6 Å². The highest BCUT2D eigenvalue weighted by Gasteiger charge is 2.34. The molecule has 0 bridgehead atoms. The van der Waals surface area contributed by atoms with E-state index in [1.807, 2.05) is 0 Å². The predicted octanol–water partition coefficient (Wildman–Crippen LogP) is 1.11. The monoisotopic (exact) mass is 297 g/mol. The van der Waals surface area contributed by atoms with Crippen LogP contribution < -0.4 is 14.8 Å². The number of hydrogen-bond donors (Lipinski definition) is 2. The molecule has 21 heavy (non-hydrogen) atoms. The van der Waals surface area contributed by atoms with Gasteiger partial charge < -0.3 is 24.6 Å². The number of rotatable bonds is 8. The number of ether oxygens (including phenoxy) is 3. The number of esters is 1. The van der Waals surface area contributed by atoms with Crippen LogP contribution in [-0.2, 0) is 16.1 Å². The lowest BCUT2D eigenvalue weighted by molar-refractivity contribution is -0.151. The van der Waals surface area contributed by atoms with Gasteiger partial charge >= 0.3 is 5.97 Å². The van der Waals surface area contributed by atoms with Crippen molar-refractivity contribution in [1.29, 1.82) is 0 Å². The zero-order chi connectivity index (χ0) is 15.9. The van der Waals surface area contributed by atoms with Crippen LogP contribution in [0.2, 0.25) is 0 Å². The van der Waals surface area contributed by atoms with Gasteiger partial charge in [0.2, 0.25) is 0 Å². The van der Waals surface area contributed by atoms with E-state index >= 15 is 0 Å². The summed E-state index contributed by atoms with van der Waals surface area (Å²) in [5.74, 6) is 0.628.